The maximum absolute atomic E-state index is 14.1. The zero-order chi connectivity index (χ0) is 25.8. The number of carboxylic acid groups (broad SMARTS) is 1. The van der Waals surface area contributed by atoms with E-state index in [1.807, 2.05) is 11.0 Å². The standard InChI is InChI=1S/C28H36FN3O5/c1-35-25-16-19(31-23-6-4-12-30-26(23)25)5-2-3-14-36-21-11-13-32(17-21)27(28(33)34)22-15-18(29)7-10-24(22)37-20-8-9-20/h7,10,15-16,20-21,27,30H,2-6,8-9,11-14,17H2,1H3,(H,33,34)/t21-,27?/m1/s1. The lowest BCUT2D eigenvalue weighted by molar-refractivity contribution is -0.143. The molecular formula is C28H36FN3O5. The molecule has 0 spiro atoms. The molecule has 1 unspecified atom stereocenters. The molecule has 1 aromatic heterocycles. The number of halogens is 1. The van der Waals surface area contributed by atoms with Crippen molar-refractivity contribution in [1.29, 1.82) is 0 Å². The molecule has 2 aliphatic heterocycles. The predicted octanol–water partition coefficient (Wildman–Crippen LogP) is 4.37. The smallest absolute Gasteiger partial charge is 0.325 e. The largest absolute Gasteiger partial charge is 0.494 e. The van der Waals surface area contributed by atoms with Crippen LogP contribution in [0.2, 0.25) is 0 Å². The van der Waals surface area contributed by atoms with E-state index in [1.165, 1.54) is 12.1 Å². The Morgan fingerprint density at radius 1 is 1.22 bits per heavy atom. The van der Waals surface area contributed by atoms with E-state index in [-0.39, 0.29) is 12.2 Å². The Morgan fingerprint density at radius 2 is 2.08 bits per heavy atom. The first kappa shape index (κ1) is 25.7. The second-order valence-electron chi connectivity index (χ2n) is 10.1. The monoisotopic (exact) mass is 513 g/mol. The van der Waals surface area contributed by atoms with Gasteiger partial charge in [-0.15, -0.1) is 0 Å². The SMILES string of the molecule is COc1cc(CCCCO[C@@H]2CCN(C(C(=O)O)c3cc(F)ccc3OC3CC3)C2)nc2c1NCCC2. The van der Waals surface area contributed by atoms with Crippen molar-refractivity contribution in [2.24, 2.45) is 0 Å². The summed E-state index contributed by atoms with van der Waals surface area (Å²) in [6.45, 7) is 2.63. The molecule has 0 bridgehead atoms. The summed E-state index contributed by atoms with van der Waals surface area (Å²) in [5, 5.41) is 13.4. The fourth-order valence-corrected chi connectivity index (χ4v) is 5.23. The van der Waals surface area contributed by atoms with Crippen LogP contribution in [0.3, 0.4) is 0 Å². The summed E-state index contributed by atoms with van der Waals surface area (Å²) in [6.07, 6.45) is 7.43. The third-order valence-electron chi connectivity index (χ3n) is 7.26. The Labute approximate surface area is 217 Å². The van der Waals surface area contributed by atoms with E-state index in [9.17, 15) is 14.3 Å². The number of pyridine rings is 1. The van der Waals surface area contributed by atoms with E-state index in [0.29, 0.717) is 31.0 Å². The van der Waals surface area contributed by atoms with Gasteiger partial charge in [0.25, 0.3) is 0 Å². The molecule has 1 saturated heterocycles. The van der Waals surface area contributed by atoms with Crippen LogP contribution >= 0.6 is 0 Å². The molecule has 5 rings (SSSR count). The van der Waals surface area contributed by atoms with Gasteiger partial charge in [-0.3, -0.25) is 14.7 Å². The lowest BCUT2D eigenvalue weighted by atomic mass is 10.0. The molecule has 0 radical (unpaired) electrons. The minimum Gasteiger partial charge on any atom is -0.494 e. The highest BCUT2D eigenvalue weighted by molar-refractivity contribution is 5.77. The first-order valence-corrected chi connectivity index (χ1v) is 13.4. The molecule has 2 aromatic rings. The lowest BCUT2D eigenvalue weighted by Crippen LogP contribution is -2.34. The van der Waals surface area contributed by atoms with E-state index in [1.54, 1.807) is 13.2 Å². The van der Waals surface area contributed by atoms with Crippen LogP contribution in [-0.4, -0.2) is 66.5 Å². The highest BCUT2D eigenvalue weighted by Crippen LogP contribution is 2.37. The molecule has 1 aromatic carbocycles. The molecule has 1 saturated carbocycles. The van der Waals surface area contributed by atoms with Crippen molar-refractivity contribution in [3.05, 3.63) is 47.0 Å². The van der Waals surface area contributed by atoms with Gasteiger partial charge < -0.3 is 24.6 Å². The predicted molar refractivity (Wildman–Crippen MR) is 137 cm³/mol. The van der Waals surface area contributed by atoms with E-state index in [2.05, 4.69) is 5.32 Å². The second-order valence-corrected chi connectivity index (χ2v) is 10.1. The van der Waals surface area contributed by atoms with Crippen molar-refractivity contribution in [2.45, 2.75) is 69.6 Å². The fraction of sp³-hybridized carbons (Fsp3) is 0.571. The third-order valence-corrected chi connectivity index (χ3v) is 7.26. The van der Waals surface area contributed by atoms with Crippen LogP contribution in [0, 0.1) is 5.82 Å². The van der Waals surface area contributed by atoms with Crippen LogP contribution in [-0.2, 0) is 22.4 Å². The van der Waals surface area contributed by atoms with Crippen molar-refractivity contribution in [3.8, 4) is 11.5 Å². The Hall–Kier alpha value is -2.91. The Bertz CT molecular complexity index is 1090. The van der Waals surface area contributed by atoms with Crippen molar-refractivity contribution in [3.63, 3.8) is 0 Å². The summed E-state index contributed by atoms with van der Waals surface area (Å²) in [4.78, 5) is 18.9. The number of fused-ring (bicyclic) bond motifs is 1. The summed E-state index contributed by atoms with van der Waals surface area (Å²) >= 11 is 0. The van der Waals surface area contributed by atoms with Crippen LogP contribution in [0.25, 0.3) is 0 Å². The lowest BCUT2D eigenvalue weighted by Gasteiger charge is -2.26. The van der Waals surface area contributed by atoms with Crippen LogP contribution in [0.5, 0.6) is 11.5 Å². The number of aromatic nitrogens is 1. The molecule has 2 fully saturated rings. The summed E-state index contributed by atoms with van der Waals surface area (Å²) in [6, 6.07) is 5.23. The van der Waals surface area contributed by atoms with E-state index in [0.717, 1.165) is 80.7 Å². The minimum atomic E-state index is -1.00. The molecule has 200 valence electrons. The number of anilines is 1. The van der Waals surface area contributed by atoms with Crippen molar-refractivity contribution >= 4 is 11.7 Å². The topological polar surface area (TPSA) is 93.2 Å². The van der Waals surface area contributed by atoms with Crippen LogP contribution in [0.1, 0.15) is 61.5 Å². The number of ether oxygens (including phenoxy) is 3. The van der Waals surface area contributed by atoms with Gasteiger partial charge in [-0.2, -0.15) is 0 Å². The second kappa shape index (κ2) is 11.6. The molecule has 3 heterocycles. The van der Waals surface area contributed by atoms with E-state index in [4.69, 9.17) is 19.2 Å². The number of likely N-dealkylation sites (tertiary alicyclic amines) is 1. The zero-order valence-electron chi connectivity index (χ0n) is 21.4. The van der Waals surface area contributed by atoms with Gasteiger partial charge in [0.05, 0.1) is 30.7 Å². The van der Waals surface area contributed by atoms with Gasteiger partial charge in [-0.25, -0.2) is 4.39 Å². The summed E-state index contributed by atoms with van der Waals surface area (Å²) in [7, 11) is 1.69. The highest BCUT2D eigenvalue weighted by atomic mass is 19.1. The van der Waals surface area contributed by atoms with Gasteiger partial charge in [-0.1, -0.05) is 0 Å². The third kappa shape index (κ3) is 6.33. The molecule has 0 amide bonds. The number of rotatable bonds is 12. The van der Waals surface area contributed by atoms with E-state index >= 15 is 0 Å². The number of hydrogen-bond acceptors (Lipinski definition) is 7. The number of methoxy groups -OCH3 is 1. The first-order valence-electron chi connectivity index (χ1n) is 13.4. The summed E-state index contributed by atoms with van der Waals surface area (Å²) in [5.74, 6) is -0.142. The van der Waals surface area contributed by atoms with Gasteiger partial charge in [0.15, 0.2) is 0 Å². The first-order chi connectivity index (χ1) is 18.0. The maximum Gasteiger partial charge on any atom is 0.325 e. The number of nitrogens with zero attached hydrogens (tertiary/aromatic N) is 2. The number of carbonyl (C=O) groups is 1. The highest BCUT2D eigenvalue weighted by Gasteiger charge is 2.37. The normalized spacial score (nSPS) is 20.2. The van der Waals surface area contributed by atoms with Crippen molar-refractivity contribution in [1.82, 2.24) is 9.88 Å². The summed E-state index contributed by atoms with van der Waals surface area (Å²) in [5.41, 5.74) is 3.52. The van der Waals surface area contributed by atoms with Crippen LogP contribution in [0.15, 0.2) is 24.3 Å². The van der Waals surface area contributed by atoms with Crippen molar-refractivity contribution in [2.75, 3.05) is 38.7 Å². The molecule has 9 heteroatoms. The molecule has 2 atom stereocenters. The summed E-state index contributed by atoms with van der Waals surface area (Å²) < 4.78 is 31.6. The average Bonchev–Trinajstić information content (AvgIpc) is 3.60. The van der Waals surface area contributed by atoms with Gasteiger partial charge >= 0.3 is 5.97 Å². The number of unbranched alkanes of at least 4 members (excludes halogenated alkanes) is 1. The number of benzene rings is 1. The van der Waals surface area contributed by atoms with E-state index < -0.39 is 17.8 Å². The Kier molecular flexibility index (Phi) is 8.10. The van der Waals surface area contributed by atoms with Gasteiger partial charge in [0, 0.05) is 43.6 Å². The number of aryl methyl sites for hydroxylation is 2. The molecular weight excluding hydrogens is 477 g/mol. The van der Waals surface area contributed by atoms with Crippen LogP contribution < -0.4 is 14.8 Å². The quantitative estimate of drug-likeness (QED) is 0.404. The number of nitrogens with one attached hydrogen (secondary N) is 1. The molecule has 3 aliphatic rings. The Balaban J connectivity index is 1.12. The van der Waals surface area contributed by atoms with Gasteiger partial charge in [-0.05, 0) is 69.6 Å². The van der Waals surface area contributed by atoms with Gasteiger partial charge in [0.2, 0.25) is 0 Å². The molecule has 1 aliphatic carbocycles. The molecule has 2 N–H and O–H groups in total. The Morgan fingerprint density at radius 3 is 2.86 bits per heavy atom. The minimum absolute atomic E-state index is 0.0451. The number of aliphatic carboxylic acids is 1. The van der Waals surface area contributed by atoms with Crippen molar-refractivity contribution < 1.29 is 28.5 Å². The molecule has 8 nitrogen and oxygen atoms in total. The zero-order valence-corrected chi connectivity index (χ0v) is 21.4. The number of carboxylic acids is 1. The fourth-order valence-electron chi connectivity index (χ4n) is 5.23. The maximum atomic E-state index is 14.1. The van der Waals surface area contributed by atoms with Crippen LogP contribution in [0.4, 0.5) is 10.1 Å². The number of hydrogen-bond donors (Lipinski definition) is 2. The van der Waals surface area contributed by atoms with Gasteiger partial charge in [0.1, 0.15) is 23.4 Å². The average molecular weight is 514 g/mol. The molecule has 37 heavy (non-hydrogen) atoms.